The highest BCUT2D eigenvalue weighted by molar-refractivity contribution is 5.82. The molecule has 0 aliphatic carbocycles. The number of piperazine rings is 1. The maximum Gasteiger partial charge on any atom is 0.241 e. The molecule has 1 amide bonds. The molecule has 1 fully saturated rings. The number of hydrogen-bond acceptors (Lipinski definition) is 5. The standard InChI is InChI=1S/C15H22N4O2/c1-18-7-9-19(10-8-18)6-5-15(21)17-16-12-13-3-2-4-14(20)11-13/h2-4,11-12,20H,5-10H2,1H3,(H,17,21)/b16-12+. The van der Waals surface area contributed by atoms with Gasteiger partial charge in [-0.25, -0.2) is 5.43 Å². The summed E-state index contributed by atoms with van der Waals surface area (Å²) in [6, 6.07) is 6.71. The van der Waals surface area contributed by atoms with Gasteiger partial charge in [0.1, 0.15) is 5.75 Å². The first-order chi connectivity index (χ1) is 10.1. The SMILES string of the molecule is CN1CCN(CCC(=O)N/N=C/c2cccc(O)c2)CC1. The summed E-state index contributed by atoms with van der Waals surface area (Å²) in [5.74, 6) is 0.0886. The summed E-state index contributed by atoms with van der Waals surface area (Å²) in [5, 5.41) is 13.2. The van der Waals surface area contributed by atoms with E-state index in [1.165, 1.54) is 6.21 Å². The van der Waals surface area contributed by atoms with Crippen molar-refractivity contribution in [1.29, 1.82) is 0 Å². The van der Waals surface area contributed by atoms with Crippen molar-refractivity contribution in [1.82, 2.24) is 15.2 Å². The van der Waals surface area contributed by atoms with Crippen molar-refractivity contribution in [3.63, 3.8) is 0 Å². The summed E-state index contributed by atoms with van der Waals surface area (Å²) in [7, 11) is 2.11. The molecule has 0 aromatic heterocycles. The van der Waals surface area contributed by atoms with Crippen LogP contribution in [0.25, 0.3) is 0 Å². The molecule has 1 aliphatic heterocycles. The minimum Gasteiger partial charge on any atom is -0.508 e. The van der Waals surface area contributed by atoms with Crippen LogP contribution >= 0.6 is 0 Å². The van der Waals surface area contributed by atoms with Gasteiger partial charge in [0.25, 0.3) is 0 Å². The van der Waals surface area contributed by atoms with Gasteiger partial charge in [-0.05, 0) is 24.7 Å². The van der Waals surface area contributed by atoms with E-state index < -0.39 is 0 Å². The zero-order valence-corrected chi connectivity index (χ0v) is 12.3. The first-order valence-electron chi connectivity index (χ1n) is 7.15. The van der Waals surface area contributed by atoms with Crippen LogP contribution in [0.15, 0.2) is 29.4 Å². The maximum atomic E-state index is 11.7. The Kier molecular flexibility index (Phi) is 5.71. The zero-order valence-electron chi connectivity index (χ0n) is 12.3. The number of likely N-dealkylation sites (N-methyl/N-ethyl adjacent to an activating group) is 1. The molecule has 0 atom stereocenters. The second-order valence-corrected chi connectivity index (χ2v) is 5.28. The smallest absolute Gasteiger partial charge is 0.241 e. The van der Waals surface area contributed by atoms with E-state index in [1.807, 2.05) is 0 Å². The molecule has 1 saturated heterocycles. The summed E-state index contributed by atoms with van der Waals surface area (Å²) < 4.78 is 0. The fourth-order valence-corrected chi connectivity index (χ4v) is 2.17. The molecular formula is C15H22N4O2. The van der Waals surface area contributed by atoms with Crippen molar-refractivity contribution in [2.45, 2.75) is 6.42 Å². The molecule has 2 rings (SSSR count). The molecule has 6 heteroatoms. The van der Waals surface area contributed by atoms with E-state index in [0.717, 1.165) is 38.3 Å². The number of amides is 1. The van der Waals surface area contributed by atoms with Crippen molar-refractivity contribution in [2.24, 2.45) is 5.10 Å². The van der Waals surface area contributed by atoms with Crippen LogP contribution in [0.1, 0.15) is 12.0 Å². The predicted molar refractivity (Wildman–Crippen MR) is 82.4 cm³/mol. The van der Waals surface area contributed by atoms with Crippen molar-refractivity contribution in [3.05, 3.63) is 29.8 Å². The minimum atomic E-state index is -0.0923. The van der Waals surface area contributed by atoms with Crippen LogP contribution in [0.5, 0.6) is 5.75 Å². The van der Waals surface area contributed by atoms with Crippen LogP contribution < -0.4 is 5.43 Å². The van der Waals surface area contributed by atoms with Crippen LogP contribution in [0.4, 0.5) is 0 Å². The Morgan fingerprint density at radius 3 is 2.86 bits per heavy atom. The molecule has 6 nitrogen and oxygen atoms in total. The minimum absolute atomic E-state index is 0.0923. The molecule has 0 bridgehead atoms. The number of hydrazone groups is 1. The molecule has 0 radical (unpaired) electrons. The Balaban J connectivity index is 1.68. The molecule has 1 heterocycles. The molecule has 1 aromatic carbocycles. The van der Waals surface area contributed by atoms with Crippen molar-refractivity contribution in [2.75, 3.05) is 39.8 Å². The quantitative estimate of drug-likeness (QED) is 0.611. The van der Waals surface area contributed by atoms with E-state index >= 15 is 0 Å². The lowest BCUT2D eigenvalue weighted by atomic mass is 10.2. The molecule has 0 spiro atoms. The maximum absolute atomic E-state index is 11.7. The first-order valence-corrected chi connectivity index (χ1v) is 7.15. The third-order valence-corrected chi connectivity index (χ3v) is 3.52. The van der Waals surface area contributed by atoms with E-state index in [4.69, 9.17) is 0 Å². The van der Waals surface area contributed by atoms with Gasteiger partial charge in [0.05, 0.1) is 6.21 Å². The number of benzene rings is 1. The Hall–Kier alpha value is -1.92. The van der Waals surface area contributed by atoms with Gasteiger partial charge in [-0.1, -0.05) is 12.1 Å². The van der Waals surface area contributed by atoms with Crippen LogP contribution in [0.3, 0.4) is 0 Å². The number of nitrogens with zero attached hydrogens (tertiary/aromatic N) is 3. The molecule has 2 N–H and O–H groups in total. The lowest BCUT2D eigenvalue weighted by Crippen LogP contribution is -2.45. The summed E-state index contributed by atoms with van der Waals surface area (Å²) >= 11 is 0. The molecule has 21 heavy (non-hydrogen) atoms. The monoisotopic (exact) mass is 290 g/mol. The lowest BCUT2D eigenvalue weighted by molar-refractivity contribution is -0.121. The number of carbonyl (C=O) groups is 1. The number of aromatic hydroxyl groups is 1. The van der Waals surface area contributed by atoms with Gasteiger partial charge in [0.15, 0.2) is 0 Å². The largest absolute Gasteiger partial charge is 0.508 e. The summed E-state index contributed by atoms with van der Waals surface area (Å²) in [6.07, 6.45) is 1.97. The van der Waals surface area contributed by atoms with Gasteiger partial charge < -0.3 is 14.9 Å². The highest BCUT2D eigenvalue weighted by Crippen LogP contribution is 2.08. The number of phenolic OH excluding ortho intramolecular Hbond substituents is 1. The zero-order chi connectivity index (χ0) is 15.1. The van der Waals surface area contributed by atoms with Crippen molar-refractivity contribution < 1.29 is 9.90 Å². The number of carbonyl (C=O) groups excluding carboxylic acids is 1. The molecule has 1 aliphatic rings. The Morgan fingerprint density at radius 1 is 1.38 bits per heavy atom. The first kappa shape index (κ1) is 15.5. The number of rotatable bonds is 5. The number of hydrogen-bond donors (Lipinski definition) is 2. The van der Waals surface area contributed by atoms with Crippen LogP contribution in [-0.2, 0) is 4.79 Å². The number of phenols is 1. The highest BCUT2D eigenvalue weighted by Gasteiger charge is 2.14. The van der Waals surface area contributed by atoms with E-state index in [1.54, 1.807) is 24.3 Å². The van der Waals surface area contributed by atoms with Crippen LogP contribution in [0, 0.1) is 0 Å². The third-order valence-electron chi connectivity index (χ3n) is 3.52. The molecule has 0 unspecified atom stereocenters. The number of nitrogens with one attached hydrogen (secondary N) is 1. The van der Waals surface area contributed by atoms with Crippen LogP contribution in [0.2, 0.25) is 0 Å². The van der Waals surface area contributed by atoms with E-state index in [-0.39, 0.29) is 11.7 Å². The van der Waals surface area contributed by atoms with Gasteiger partial charge in [-0.2, -0.15) is 5.10 Å². The Labute approximate surface area is 125 Å². The predicted octanol–water partition coefficient (Wildman–Crippen LogP) is 0.480. The van der Waals surface area contributed by atoms with Crippen molar-refractivity contribution >= 4 is 12.1 Å². The highest BCUT2D eigenvalue weighted by atomic mass is 16.3. The van der Waals surface area contributed by atoms with Gasteiger partial charge in [-0.15, -0.1) is 0 Å². The summed E-state index contributed by atoms with van der Waals surface area (Å²) in [4.78, 5) is 16.3. The normalized spacial score (nSPS) is 17.2. The Morgan fingerprint density at radius 2 is 2.14 bits per heavy atom. The molecule has 0 saturated carbocycles. The Bertz CT molecular complexity index is 496. The average molecular weight is 290 g/mol. The second kappa shape index (κ2) is 7.75. The average Bonchev–Trinajstić information content (AvgIpc) is 2.47. The van der Waals surface area contributed by atoms with Crippen molar-refractivity contribution in [3.8, 4) is 5.75 Å². The van der Waals surface area contributed by atoms with Crippen LogP contribution in [-0.4, -0.2) is 66.8 Å². The van der Waals surface area contributed by atoms with E-state index in [2.05, 4.69) is 27.4 Å². The molecule has 1 aromatic rings. The van der Waals surface area contributed by atoms with E-state index in [9.17, 15) is 9.90 Å². The fourth-order valence-electron chi connectivity index (χ4n) is 2.17. The van der Waals surface area contributed by atoms with E-state index in [0.29, 0.717) is 6.42 Å². The summed E-state index contributed by atoms with van der Waals surface area (Å²) in [6.45, 7) is 4.89. The van der Waals surface area contributed by atoms with Gasteiger partial charge in [-0.3, -0.25) is 4.79 Å². The fraction of sp³-hybridized carbons (Fsp3) is 0.467. The molecule has 114 valence electrons. The lowest BCUT2D eigenvalue weighted by Gasteiger charge is -2.32. The second-order valence-electron chi connectivity index (χ2n) is 5.28. The van der Waals surface area contributed by atoms with Gasteiger partial charge >= 0.3 is 0 Å². The van der Waals surface area contributed by atoms with Gasteiger partial charge in [0.2, 0.25) is 5.91 Å². The topological polar surface area (TPSA) is 68.2 Å². The third kappa shape index (κ3) is 5.53. The molecular weight excluding hydrogens is 268 g/mol. The summed E-state index contributed by atoms with van der Waals surface area (Å²) in [5.41, 5.74) is 3.26. The van der Waals surface area contributed by atoms with Gasteiger partial charge in [0, 0.05) is 39.1 Å².